The van der Waals surface area contributed by atoms with Crippen LogP contribution in [0, 0.1) is 0 Å². The van der Waals surface area contributed by atoms with E-state index in [0.29, 0.717) is 15.9 Å². The molecule has 3 rings (SSSR count). The first-order valence-electron chi connectivity index (χ1n) is 8.35. The maximum atomic E-state index is 12.8. The number of carbonyl (C=O) groups excluding carboxylic acids is 2. The van der Waals surface area contributed by atoms with E-state index in [-0.39, 0.29) is 31.4 Å². The van der Waals surface area contributed by atoms with Crippen LogP contribution >= 0.6 is 23.4 Å². The highest BCUT2D eigenvalue weighted by molar-refractivity contribution is 8.15. The molecule has 1 aliphatic heterocycles. The topological polar surface area (TPSA) is 82.0 Å². The highest BCUT2D eigenvalue weighted by Crippen LogP contribution is 2.31. The Morgan fingerprint density at radius 2 is 1.89 bits per heavy atom. The van der Waals surface area contributed by atoms with Gasteiger partial charge in [-0.25, -0.2) is 4.90 Å². The Hall–Kier alpha value is -2.35. The number of nitrogens with one attached hydrogen (secondary N) is 1. The Morgan fingerprint density at radius 1 is 1.19 bits per heavy atom. The Bertz CT molecular complexity index is 843. The van der Waals surface area contributed by atoms with E-state index in [1.165, 1.54) is 16.7 Å². The van der Waals surface area contributed by atoms with Crippen molar-refractivity contribution in [3.8, 4) is 0 Å². The number of hydrogen-bond acceptors (Lipinski definition) is 5. The number of halogens is 1. The summed E-state index contributed by atoms with van der Waals surface area (Å²) in [6, 6.07) is 16.0. The number of imide groups is 1. The summed E-state index contributed by atoms with van der Waals surface area (Å²) < 4.78 is 0. The van der Waals surface area contributed by atoms with Crippen LogP contribution in [0.25, 0.3) is 0 Å². The molecule has 0 bridgehead atoms. The molecular weight excluding hydrogens is 386 g/mol. The number of amidine groups is 1. The lowest BCUT2D eigenvalue weighted by atomic mass is 10.3. The molecule has 6 nitrogen and oxygen atoms in total. The van der Waals surface area contributed by atoms with E-state index >= 15 is 0 Å². The normalized spacial score (nSPS) is 17.5. The third kappa shape index (κ3) is 4.88. The third-order valence-electron chi connectivity index (χ3n) is 3.82. The summed E-state index contributed by atoms with van der Waals surface area (Å²) in [5, 5.41) is 12.6. The van der Waals surface area contributed by atoms with Crippen LogP contribution < -0.4 is 10.2 Å². The number of amides is 2. The fraction of sp³-hybridized carbons (Fsp3) is 0.211. The maximum absolute atomic E-state index is 12.8. The first kappa shape index (κ1) is 19.4. The second kappa shape index (κ2) is 9.03. The zero-order chi connectivity index (χ0) is 19.2. The Morgan fingerprint density at radius 3 is 2.56 bits per heavy atom. The van der Waals surface area contributed by atoms with E-state index in [1.54, 1.807) is 24.3 Å². The number of aliphatic hydroxyl groups is 1. The number of aliphatic imine (C=N–C) groups is 1. The van der Waals surface area contributed by atoms with Gasteiger partial charge in [0.25, 0.3) is 0 Å². The predicted octanol–water partition coefficient (Wildman–Crippen LogP) is 3.17. The molecule has 0 aliphatic carbocycles. The van der Waals surface area contributed by atoms with Gasteiger partial charge in [-0.2, -0.15) is 0 Å². The average molecular weight is 404 g/mol. The smallest absolute Gasteiger partial charge is 0.247 e. The molecule has 0 aromatic heterocycles. The van der Waals surface area contributed by atoms with E-state index < -0.39 is 5.25 Å². The van der Waals surface area contributed by atoms with Gasteiger partial charge in [0.1, 0.15) is 5.25 Å². The van der Waals surface area contributed by atoms with E-state index in [4.69, 9.17) is 16.7 Å². The van der Waals surface area contributed by atoms with Crippen LogP contribution in [0.4, 0.5) is 11.4 Å². The van der Waals surface area contributed by atoms with Crippen LogP contribution in [0.15, 0.2) is 59.6 Å². The van der Waals surface area contributed by atoms with E-state index in [0.717, 1.165) is 5.69 Å². The number of anilines is 2. The van der Waals surface area contributed by atoms with Gasteiger partial charge in [0, 0.05) is 17.1 Å². The van der Waals surface area contributed by atoms with E-state index in [9.17, 15) is 9.59 Å². The number of benzene rings is 2. The molecule has 2 N–H and O–H groups in total. The minimum atomic E-state index is -0.582. The molecule has 27 heavy (non-hydrogen) atoms. The number of carbonyl (C=O) groups is 2. The van der Waals surface area contributed by atoms with Crippen molar-refractivity contribution in [3.63, 3.8) is 0 Å². The summed E-state index contributed by atoms with van der Waals surface area (Å²) >= 11 is 7.07. The lowest BCUT2D eigenvalue weighted by molar-refractivity contribution is -0.121. The van der Waals surface area contributed by atoms with Crippen LogP contribution in [-0.2, 0) is 9.59 Å². The largest absolute Gasteiger partial charge is 0.394 e. The minimum absolute atomic E-state index is 0.0841. The van der Waals surface area contributed by atoms with Crippen molar-refractivity contribution in [3.05, 3.63) is 59.6 Å². The van der Waals surface area contributed by atoms with Gasteiger partial charge in [-0.15, -0.1) is 0 Å². The molecule has 2 amide bonds. The molecule has 1 aliphatic rings. The molecule has 1 unspecified atom stereocenters. The van der Waals surface area contributed by atoms with Crippen molar-refractivity contribution < 1.29 is 14.7 Å². The molecular formula is C19H18ClN3O3S. The van der Waals surface area contributed by atoms with Gasteiger partial charge in [0.2, 0.25) is 11.8 Å². The lowest BCUT2D eigenvalue weighted by Crippen LogP contribution is -2.31. The average Bonchev–Trinajstić information content (AvgIpc) is 2.95. The summed E-state index contributed by atoms with van der Waals surface area (Å²) in [4.78, 5) is 30.6. The summed E-state index contributed by atoms with van der Waals surface area (Å²) in [6.45, 7) is 0.104. The molecule has 1 fully saturated rings. The number of nitrogens with zero attached hydrogens (tertiary/aromatic N) is 2. The number of hydrogen-bond donors (Lipinski definition) is 2. The molecule has 0 spiro atoms. The van der Waals surface area contributed by atoms with Gasteiger partial charge in [-0.1, -0.05) is 41.6 Å². The standard InChI is InChI=1S/C19H18ClN3O3S/c20-13-6-8-15(9-7-13)23-17(25)12-16(18(23)26)27-19(21-10-11-24)22-14-4-2-1-3-5-14/h1-9,16,24H,10-12H2,(H,21,22). The molecule has 2 aromatic carbocycles. The molecule has 1 saturated heterocycles. The zero-order valence-electron chi connectivity index (χ0n) is 14.3. The van der Waals surface area contributed by atoms with Gasteiger partial charge < -0.3 is 10.4 Å². The summed E-state index contributed by atoms with van der Waals surface area (Å²) in [5.74, 6) is -0.556. The van der Waals surface area contributed by atoms with Crippen molar-refractivity contribution in [1.82, 2.24) is 0 Å². The minimum Gasteiger partial charge on any atom is -0.394 e. The maximum Gasteiger partial charge on any atom is 0.247 e. The molecule has 2 aromatic rings. The molecule has 140 valence electrons. The fourth-order valence-corrected chi connectivity index (χ4v) is 3.77. The summed E-state index contributed by atoms with van der Waals surface area (Å²) in [7, 11) is 0. The molecule has 8 heteroatoms. The van der Waals surface area contributed by atoms with Crippen LogP contribution in [0.3, 0.4) is 0 Å². The van der Waals surface area contributed by atoms with Gasteiger partial charge in [-0.3, -0.25) is 14.6 Å². The third-order valence-corrected chi connectivity index (χ3v) is 5.18. The van der Waals surface area contributed by atoms with Crippen LogP contribution in [-0.4, -0.2) is 40.5 Å². The first-order valence-corrected chi connectivity index (χ1v) is 9.60. The number of thioether (sulfide) groups is 1. The SMILES string of the molecule is O=C1CC(SC(=NCCO)Nc2ccccc2)C(=O)N1c1ccc(Cl)cc1. The second-order valence-corrected chi connectivity index (χ2v) is 7.38. The molecule has 0 radical (unpaired) electrons. The molecule has 1 heterocycles. The highest BCUT2D eigenvalue weighted by Gasteiger charge is 2.40. The van der Waals surface area contributed by atoms with Crippen molar-refractivity contribution in [1.29, 1.82) is 0 Å². The molecule has 1 atom stereocenters. The van der Waals surface area contributed by atoms with E-state index in [1.807, 2.05) is 30.3 Å². The van der Waals surface area contributed by atoms with Gasteiger partial charge in [0.05, 0.1) is 18.8 Å². The number of para-hydroxylation sites is 1. The van der Waals surface area contributed by atoms with E-state index in [2.05, 4.69) is 10.3 Å². The van der Waals surface area contributed by atoms with Crippen LogP contribution in [0.1, 0.15) is 6.42 Å². The Balaban J connectivity index is 1.75. The Kier molecular flexibility index (Phi) is 6.49. The second-order valence-electron chi connectivity index (χ2n) is 5.76. The van der Waals surface area contributed by atoms with Crippen LogP contribution in [0.2, 0.25) is 5.02 Å². The van der Waals surface area contributed by atoms with Gasteiger partial charge in [-0.05, 0) is 36.4 Å². The summed E-state index contributed by atoms with van der Waals surface area (Å²) in [6.07, 6.45) is 0.0841. The predicted molar refractivity (Wildman–Crippen MR) is 109 cm³/mol. The Labute approximate surface area is 166 Å². The lowest BCUT2D eigenvalue weighted by Gasteiger charge is -2.16. The number of rotatable bonds is 5. The number of aliphatic hydroxyl groups excluding tert-OH is 1. The van der Waals surface area contributed by atoms with Crippen molar-refractivity contribution in [2.45, 2.75) is 11.7 Å². The first-order chi connectivity index (χ1) is 13.1. The zero-order valence-corrected chi connectivity index (χ0v) is 15.9. The van der Waals surface area contributed by atoms with Crippen molar-refractivity contribution in [2.75, 3.05) is 23.4 Å². The van der Waals surface area contributed by atoms with Crippen LogP contribution in [0.5, 0.6) is 0 Å². The highest BCUT2D eigenvalue weighted by atomic mass is 35.5. The monoisotopic (exact) mass is 403 g/mol. The summed E-state index contributed by atoms with van der Waals surface area (Å²) in [5.41, 5.74) is 1.32. The quantitative estimate of drug-likeness (QED) is 0.455. The van der Waals surface area contributed by atoms with Gasteiger partial charge in [0.15, 0.2) is 5.17 Å². The molecule has 0 saturated carbocycles. The van der Waals surface area contributed by atoms with Crippen molar-refractivity contribution >= 4 is 51.7 Å². The van der Waals surface area contributed by atoms with Crippen molar-refractivity contribution in [2.24, 2.45) is 4.99 Å². The van der Waals surface area contributed by atoms with Gasteiger partial charge >= 0.3 is 0 Å². The fourth-order valence-electron chi connectivity index (χ4n) is 2.60.